The van der Waals surface area contributed by atoms with Gasteiger partial charge in [0, 0.05) is 6.54 Å². The summed E-state index contributed by atoms with van der Waals surface area (Å²) in [6.07, 6.45) is 3.71. The third kappa shape index (κ3) is 2.72. The number of nitrogens with one attached hydrogen (secondary N) is 1. The summed E-state index contributed by atoms with van der Waals surface area (Å²) >= 11 is 12.3. The first-order valence-corrected chi connectivity index (χ1v) is 7.28. The predicted octanol–water partition coefficient (Wildman–Crippen LogP) is 5.09. The van der Waals surface area contributed by atoms with E-state index in [1.54, 1.807) is 0 Å². The first-order valence-electron chi connectivity index (χ1n) is 6.52. The highest BCUT2D eigenvalue weighted by Crippen LogP contribution is 2.30. The SMILES string of the molecule is Clc1cccc(Cl)c1NCc1ccc2c(c1)CCC2. The quantitative estimate of drug-likeness (QED) is 0.830. The lowest BCUT2D eigenvalue weighted by Crippen LogP contribution is -2.01. The van der Waals surface area contributed by atoms with Crippen molar-refractivity contribution in [2.24, 2.45) is 0 Å². The minimum atomic E-state index is 0.661. The van der Waals surface area contributed by atoms with Crippen molar-refractivity contribution in [1.82, 2.24) is 0 Å². The van der Waals surface area contributed by atoms with Crippen LogP contribution in [0.5, 0.6) is 0 Å². The van der Waals surface area contributed by atoms with Crippen LogP contribution in [0.1, 0.15) is 23.1 Å². The van der Waals surface area contributed by atoms with E-state index < -0.39 is 0 Å². The monoisotopic (exact) mass is 291 g/mol. The molecule has 3 heteroatoms. The number of hydrogen-bond donors (Lipinski definition) is 1. The fraction of sp³-hybridized carbons (Fsp3) is 0.250. The molecule has 0 aromatic heterocycles. The Kier molecular flexibility index (Phi) is 3.67. The van der Waals surface area contributed by atoms with Gasteiger partial charge in [-0.25, -0.2) is 0 Å². The Morgan fingerprint density at radius 3 is 2.47 bits per heavy atom. The standard InChI is InChI=1S/C16H15Cl2N/c17-14-5-2-6-15(18)16(14)19-10-11-7-8-12-3-1-4-13(12)9-11/h2,5-9,19H,1,3-4,10H2. The lowest BCUT2D eigenvalue weighted by molar-refractivity contribution is 0.911. The van der Waals surface area contributed by atoms with Gasteiger partial charge in [0.25, 0.3) is 0 Å². The Bertz CT molecular complexity index is 587. The van der Waals surface area contributed by atoms with Gasteiger partial charge in [-0.05, 0) is 48.1 Å². The molecule has 0 saturated heterocycles. The molecular weight excluding hydrogens is 277 g/mol. The molecule has 3 rings (SSSR count). The largest absolute Gasteiger partial charge is 0.379 e. The van der Waals surface area contributed by atoms with Crippen molar-refractivity contribution < 1.29 is 0 Å². The second kappa shape index (κ2) is 5.44. The van der Waals surface area contributed by atoms with Crippen molar-refractivity contribution in [2.45, 2.75) is 25.8 Å². The molecule has 0 heterocycles. The number of anilines is 1. The van der Waals surface area contributed by atoms with Crippen molar-refractivity contribution in [3.05, 3.63) is 63.1 Å². The van der Waals surface area contributed by atoms with E-state index in [-0.39, 0.29) is 0 Å². The minimum Gasteiger partial charge on any atom is -0.379 e. The van der Waals surface area contributed by atoms with Crippen LogP contribution < -0.4 is 5.32 Å². The van der Waals surface area contributed by atoms with Crippen LogP contribution in [0.3, 0.4) is 0 Å². The van der Waals surface area contributed by atoms with Gasteiger partial charge in [-0.15, -0.1) is 0 Å². The van der Waals surface area contributed by atoms with Gasteiger partial charge in [0.05, 0.1) is 15.7 Å². The van der Waals surface area contributed by atoms with Crippen LogP contribution in [-0.2, 0) is 19.4 Å². The van der Waals surface area contributed by atoms with E-state index in [0.717, 1.165) is 12.2 Å². The van der Waals surface area contributed by atoms with E-state index in [1.807, 2.05) is 18.2 Å². The number of para-hydroxylation sites is 1. The summed E-state index contributed by atoms with van der Waals surface area (Å²) in [4.78, 5) is 0. The molecule has 1 aliphatic carbocycles. The molecule has 0 spiro atoms. The number of halogens is 2. The zero-order chi connectivity index (χ0) is 13.2. The Hall–Kier alpha value is -1.18. The molecule has 0 radical (unpaired) electrons. The van der Waals surface area contributed by atoms with E-state index in [9.17, 15) is 0 Å². The van der Waals surface area contributed by atoms with Gasteiger partial charge >= 0.3 is 0 Å². The molecule has 98 valence electrons. The molecule has 1 nitrogen and oxygen atoms in total. The third-order valence-corrected chi connectivity index (χ3v) is 4.22. The van der Waals surface area contributed by atoms with Crippen molar-refractivity contribution in [3.63, 3.8) is 0 Å². The summed E-state index contributed by atoms with van der Waals surface area (Å²) in [5, 5.41) is 4.65. The van der Waals surface area contributed by atoms with Gasteiger partial charge in [0.1, 0.15) is 0 Å². The van der Waals surface area contributed by atoms with Crippen LogP contribution in [-0.4, -0.2) is 0 Å². The number of hydrogen-bond acceptors (Lipinski definition) is 1. The molecule has 0 amide bonds. The Labute approximate surface area is 123 Å². The fourth-order valence-corrected chi connectivity index (χ4v) is 3.12. The summed E-state index contributed by atoms with van der Waals surface area (Å²) < 4.78 is 0. The summed E-state index contributed by atoms with van der Waals surface area (Å²) in [6.45, 7) is 0.747. The number of benzene rings is 2. The average molecular weight is 292 g/mol. The molecule has 0 aliphatic heterocycles. The van der Waals surface area contributed by atoms with E-state index in [2.05, 4.69) is 23.5 Å². The van der Waals surface area contributed by atoms with Crippen molar-refractivity contribution in [2.75, 3.05) is 5.32 Å². The first-order chi connectivity index (χ1) is 9.24. The van der Waals surface area contributed by atoms with E-state index >= 15 is 0 Å². The molecule has 1 aliphatic rings. The van der Waals surface area contributed by atoms with E-state index in [4.69, 9.17) is 23.2 Å². The fourth-order valence-electron chi connectivity index (χ4n) is 2.59. The minimum absolute atomic E-state index is 0.661. The van der Waals surface area contributed by atoms with Crippen LogP contribution in [0.4, 0.5) is 5.69 Å². The van der Waals surface area contributed by atoms with Crippen LogP contribution >= 0.6 is 23.2 Å². The molecular formula is C16H15Cl2N. The highest BCUT2D eigenvalue weighted by atomic mass is 35.5. The predicted molar refractivity (Wildman–Crippen MR) is 82.3 cm³/mol. The summed E-state index contributed by atoms with van der Waals surface area (Å²) in [6, 6.07) is 12.3. The first kappa shape index (κ1) is 12.8. The number of rotatable bonds is 3. The van der Waals surface area contributed by atoms with Crippen molar-refractivity contribution >= 4 is 28.9 Å². The molecule has 0 saturated carbocycles. The molecule has 1 N–H and O–H groups in total. The maximum absolute atomic E-state index is 6.14. The van der Waals surface area contributed by atoms with Gasteiger partial charge < -0.3 is 5.32 Å². The molecule has 19 heavy (non-hydrogen) atoms. The van der Waals surface area contributed by atoms with Crippen LogP contribution in [0.15, 0.2) is 36.4 Å². The topological polar surface area (TPSA) is 12.0 Å². The highest BCUT2D eigenvalue weighted by Gasteiger charge is 2.11. The normalized spacial score (nSPS) is 13.4. The van der Waals surface area contributed by atoms with Gasteiger partial charge in [-0.2, -0.15) is 0 Å². The van der Waals surface area contributed by atoms with E-state index in [1.165, 1.54) is 36.0 Å². The molecule has 2 aromatic carbocycles. The van der Waals surface area contributed by atoms with Crippen LogP contribution in [0.2, 0.25) is 10.0 Å². The van der Waals surface area contributed by atoms with Crippen LogP contribution in [0, 0.1) is 0 Å². The highest BCUT2D eigenvalue weighted by molar-refractivity contribution is 6.39. The Morgan fingerprint density at radius 1 is 0.947 bits per heavy atom. The lowest BCUT2D eigenvalue weighted by Gasteiger charge is -2.11. The number of aryl methyl sites for hydroxylation is 2. The number of fused-ring (bicyclic) bond motifs is 1. The van der Waals surface area contributed by atoms with Crippen LogP contribution in [0.25, 0.3) is 0 Å². The van der Waals surface area contributed by atoms with Crippen molar-refractivity contribution in [1.29, 1.82) is 0 Å². The van der Waals surface area contributed by atoms with Gasteiger partial charge in [0.2, 0.25) is 0 Å². The summed E-state index contributed by atoms with van der Waals surface area (Å²) in [5.74, 6) is 0. The second-order valence-corrected chi connectivity index (χ2v) is 5.72. The molecule has 0 bridgehead atoms. The smallest absolute Gasteiger partial charge is 0.0721 e. The zero-order valence-corrected chi connectivity index (χ0v) is 12.1. The average Bonchev–Trinajstić information content (AvgIpc) is 2.85. The van der Waals surface area contributed by atoms with Gasteiger partial charge in [0.15, 0.2) is 0 Å². The molecule has 0 atom stereocenters. The maximum atomic E-state index is 6.14. The Morgan fingerprint density at radius 2 is 1.68 bits per heavy atom. The van der Waals surface area contributed by atoms with E-state index in [0.29, 0.717) is 10.0 Å². The molecule has 0 fully saturated rings. The zero-order valence-electron chi connectivity index (χ0n) is 10.5. The van der Waals surface area contributed by atoms with Gasteiger partial charge in [-0.1, -0.05) is 47.5 Å². The lowest BCUT2D eigenvalue weighted by atomic mass is 10.1. The van der Waals surface area contributed by atoms with Crippen molar-refractivity contribution in [3.8, 4) is 0 Å². The maximum Gasteiger partial charge on any atom is 0.0721 e. The molecule has 0 unspecified atom stereocenters. The summed E-state index contributed by atoms with van der Waals surface area (Å²) in [7, 11) is 0. The third-order valence-electron chi connectivity index (χ3n) is 3.59. The van der Waals surface area contributed by atoms with Gasteiger partial charge in [-0.3, -0.25) is 0 Å². The Balaban J connectivity index is 1.76. The second-order valence-electron chi connectivity index (χ2n) is 4.91. The summed E-state index contributed by atoms with van der Waals surface area (Å²) in [5.41, 5.74) is 5.08. The molecule has 2 aromatic rings.